The quantitative estimate of drug-likeness (QED) is 0.703. The largest absolute Gasteiger partial charge is 0.313 e. The molecule has 0 amide bonds. The summed E-state index contributed by atoms with van der Waals surface area (Å²) in [6.45, 7) is 7.19. The summed E-state index contributed by atoms with van der Waals surface area (Å²) in [7, 11) is -3.49. The van der Waals surface area contributed by atoms with Crippen molar-refractivity contribution >= 4 is 15.9 Å². The molecule has 0 aromatic heterocycles. The van der Waals surface area contributed by atoms with Crippen molar-refractivity contribution in [3.63, 3.8) is 0 Å². The van der Waals surface area contributed by atoms with Crippen LogP contribution in [-0.2, 0) is 16.8 Å². The van der Waals surface area contributed by atoms with Crippen LogP contribution in [0.15, 0.2) is 24.3 Å². The van der Waals surface area contributed by atoms with Crippen molar-refractivity contribution in [2.24, 2.45) is 0 Å². The van der Waals surface area contributed by atoms with Gasteiger partial charge in [0, 0.05) is 12.6 Å². The summed E-state index contributed by atoms with van der Waals surface area (Å²) in [6, 6.07) is 7.21. The number of benzene rings is 1. The molecule has 5 nitrogen and oxygen atoms in total. The molecule has 0 unspecified atom stereocenters. The zero-order chi connectivity index (χ0) is 13.6. The van der Waals surface area contributed by atoms with Crippen molar-refractivity contribution < 1.29 is 8.42 Å². The van der Waals surface area contributed by atoms with Crippen molar-refractivity contribution in [3.05, 3.63) is 29.8 Å². The van der Waals surface area contributed by atoms with Crippen molar-refractivity contribution in [3.8, 4) is 0 Å². The summed E-state index contributed by atoms with van der Waals surface area (Å²) in [5.41, 5.74) is 1.61. The van der Waals surface area contributed by atoms with Crippen molar-refractivity contribution in [1.29, 1.82) is 0 Å². The second kappa shape index (κ2) is 6.72. The van der Waals surface area contributed by atoms with Gasteiger partial charge >= 0.3 is 0 Å². The molecule has 1 aromatic carbocycles. The van der Waals surface area contributed by atoms with E-state index in [4.69, 9.17) is 0 Å². The molecule has 0 saturated carbocycles. The lowest BCUT2D eigenvalue weighted by Crippen LogP contribution is -2.35. The van der Waals surface area contributed by atoms with E-state index in [2.05, 4.69) is 14.8 Å². The maximum atomic E-state index is 11.7. The van der Waals surface area contributed by atoms with Crippen LogP contribution in [0.25, 0.3) is 0 Å². The second-order valence-corrected chi connectivity index (χ2v) is 5.81. The Kier molecular flexibility index (Phi) is 5.58. The zero-order valence-corrected chi connectivity index (χ0v) is 11.8. The van der Waals surface area contributed by atoms with Crippen molar-refractivity contribution in [2.45, 2.75) is 33.4 Å². The minimum Gasteiger partial charge on any atom is -0.313 e. The third-order valence-corrected chi connectivity index (χ3v) is 3.44. The maximum absolute atomic E-state index is 11.7. The predicted octanol–water partition coefficient (Wildman–Crippen LogP) is 1.45. The van der Waals surface area contributed by atoms with Gasteiger partial charge in [-0.1, -0.05) is 19.1 Å². The summed E-state index contributed by atoms with van der Waals surface area (Å²) in [4.78, 5) is 0. The lowest BCUT2D eigenvalue weighted by Gasteiger charge is -2.12. The molecule has 0 heterocycles. The lowest BCUT2D eigenvalue weighted by molar-refractivity contribution is 0.575. The SMILES string of the molecule is CCNCc1cccc(NS(=O)(=O)NC(C)C)c1. The van der Waals surface area contributed by atoms with Gasteiger partial charge in [-0.05, 0) is 38.1 Å². The zero-order valence-electron chi connectivity index (χ0n) is 11.0. The Morgan fingerprint density at radius 1 is 1.28 bits per heavy atom. The summed E-state index contributed by atoms with van der Waals surface area (Å²) in [6.07, 6.45) is 0. The molecular formula is C12H21N3O2S. The number of rotatable bonds is 7. The van der Waals surface area contributed by atoms with Gasteiger partial charge in [0.05, 0.1) is 5.69 Å². The van der Waals surface area contributed by atoms with Gasteiger partial charge in [0.1, 0.15) is 0 Å². The first-order valence-electron chi connectivity index (χ1n) is 6.02. The predicted molar refractivity (Wildman–Crippen MR) is 74.6 cm³/mol. The van der Waals surface area contributed by atoms with Crippen LogP contribution in [0.2, 0.25) is 0 Å². The van der Waals surface area contributed by atoms with Gasteiger partial charge in [-0.2, -0.15) is 13.1 Å². The monoisotopic (exact) mass is 271 g/mol. The van der Waals surface area contributed by atoms with Crippen molar-refractivity contribution in [1.82, 2.24) is 10.0 Å². The van der Waals surface area contributed by atoms with Gasteiger partial charge in [-0.25, -0.2) is 0 Å². The molecule has 6 heteroatoms. The van der Waals surface area contributed by atoms with E-state index in [1.165, 1.54) is 0 Å². The number of anilines is 1. The van der Waals surface area contributed by atoms with Crippen molar-refractivity contribution in [2.75, 3.05) is 11.3 Å². The van der Waals surface area contributed by atoms with E-state index in [1.54, 1.807) is 19.9 Å². The fourth-order valence-corrected chi connectivity index (χ4v) is 2.63. The van der Waals surface area contributed by atoms with Crippen LogP contribution in [0.3, 0.4) is 0 Å². The maximum Gasteiger partial charge on any atom is 0.299 e. The third kappa shape index (κ3) is 5.48. The van der Waals surface area contributed by atoms with Gasteiger partial charge in [-0.3, -0.25) is 4.72 Å². The Morgan fingerprint density at radius 2 is 2.00 bits per heavy atom. The van der Waals surface area contributed by atoms with Crippen LogP contribution >= 0.6 is 0 Å². The summed E-state index contributed by atoms with van der Waals surface area (Å²) in [5.74, 6) is 0. The average molecular weight is 271 g/mol. The summed E-state index contributed by atoms with van der Waals surface area (Å²) < 4.78 is 28.4. The lowest BCUT2D eigenvalue weighted by atomic mass is 10.2. The van der Waals surface area contributed by atoms with E-state index < -0.39 is 10.2 Å². The molecule has 1 aromatic rings. The summed E-state index contributed by atoms with van der Waals surface area (Å²) in [5, 5.41) is 3.19. The van der Waals surface area contributed by atoms with E-state index in [0.29, 0.717) is 5.69 Å². The van der Waals surface area contributed by atoms with E-state index >= 15 is 0 Å². The molecule has 3 N–H and O–H groups in total. The number of hydrogen-bond acceptors (Lipinski definition) is 3. The van der Waals surface area contributed by atoms with Gasteiger partial charge in [0.15, 0.2) is 0 Å². The standard InChI is InChI=1S/C12H21N3O2S/c1-4-13-9-11-6-5-7-12(8-11)15-18(16,17)14-10(2)3/h5-8,10,13-15H,4,9H2,1-3H3. The van der Waals surface area contributed by atoms with E-state index in [0.717, 1.165) is 18.7 Å². The van der Waals surface area contributed by atoms with Crippen LogP contribution in [0, 0.1) is 0 Å². The molecule has 0 aliphatic heterocycles. The normalized spacial score (nSPS) is 11.8. The molecule has 0 aliphatic rings. The Balaban J connectivity index is 2.72. The molecule has 0 radical (unpaired) electrons. The minimum absolute atomic E-state index is 0.132. The van der Waals surface area contributed by atoms with Crippen LogP contribution in [0.4, 0.5) is 5.69 Å². The molecule has 0 bridgehead atoms. The molecule has 102 valence electrons. The highest BCUT2D eigenvalue weighted by atomic mass is 32.2. The highest BCUT2D eigenvalue weighted by molar-refractivity contribution is 7.90. The van der Waals surface area contributed by atoms with Crippen LogP contribution in [-0.4, -0.2) is 21.0 Å². The molecule has 1 rings (SSSR count). The van der Waals surface area contributed by atoms with Crippen LogP contribution in [0.1, 0.15) is 26.3 Å². The van der Waals surface area contributed by atoms with Gasteiger partial charge in [0.25, 0.3) is 10.2 Å². The summed E-state index contributed by atoms with van der Waals surface area (Å²) >= 11 is 0. The molecule has 0 aliphatic carbocycles. The average Bonchev–Trinajstić information content (AvgIpc) is 2.24. The topological polar surface area (TPSA) is 70.2 Å². The Bertz CT molecular complexity index is 472. The van der Waals surface area contributed by atoms with Gasteiger partial charge < -0.3 is 5.32 Å². The molecule has 18 heavy (non-hydrogen) atoms. The van der Waals surface area contributed by atoms with Gasteiger partial charge in [-0.15, -0.1) is 0 Å². The molecule has 0 atom stereocenters. The first-order valence-corrected chi connectivity index (χ1v) is 7.51. The Labute approximate surface area is 109 Å². The van der Waals surface area contributed by atoms with Crippen LogP contribution in [0.5, 0.6) is 0 Å². The fraction of sp³-hybridized carbons (Fsp3) is 0.500. The molecule has 0 spiro atoms. The Hall–Kier alpha value is -1.11. The smallest absolute Gasteiger partial charge is 0.299 e. The highest BCUT2D eigenvalue weighted by Gasteiger charge is 2.11. The van der Waals surface area contributed by atoms with E-state index in [9.17, 15) is 8.42 Å². The Morgan fingerprint density at radius 3 is 2.61 bits per heavy atom. The first-order chi connectivity index (χ1) is 8.43. The number of nitrogens with one attached hydrogen (secondary N) is 3. The van der Waals surface area contributed by atoms with E-state index in [-0.39, 0.29) is 6.04 Å². The van der Waals surface area contributed by atoms with Gasteiger partial charge in [0.2, 0.25) is 0 Å². The van der Waals surface area contributed by atoms with Crippen LogP contribution < -0.4 is 14.8 Å². The molecule has 0 saturated heterocycles. The van der Waals surface area contributed by atoms with E-state index in [1.807, 2.05) is 25.1 Å². The second-order valence-electron chi connectivity index (χ2n) is 4.36. The minimum atomic E-state index is -3.49. The fourth-order valence-electron chi connectivity index (χ4n) is 1.51. The third-order valence-electron chi connectivity index (χ3n) is 2.15. The molecule has 0 fully saturated rings. The first kappa shape index (κ1) is 14.9. The number of hydrogen-bond donors (Lipinski definition) is 3. The highest BCUT2D eigenvalue weighted by Crippen LogP contribution is 2.11. The molecular weight excluding hydrogens is 250 g/mol.